The first kappa shape index (κ1) is 12.3. The largest absolute Gasteiger partial charge is 0.477 e. The van der Waals surface area contributed by atoms with Gasteiger partial charge in [0.05, 0.1) is 0 Å². The summed E-state index contributed by atoms with van der Waals surface area (Å²) >= 11 is 0. The van der Waals surface area contributed by atoms with Crippen LogP contribution in [0, 0.1) is 5.82 Å². The van der Waals surface area contributed by atoms with Crippen molar-refractivity contribution in [2.75, 3.05) is 0 Å². The fraction of sp³-hybridized carbons (Fsp3) is 0.0714. The van der Waals surface area contributed by atoms with Crippen molar-refractivity contribution in [2.45, 2.75) is 6.42 Å². The molecular formula is C14H10FN3O2. The topological polar surface area (TPSA) is 67.5 Å². The number of hydrogen-bond donors (Lipinski definition) is 1. The van der Waals surface area contributed by atoms with E-state index < -0.39 is 5.97 Å². The van der Waals surface area contributed by atoms with Crippen LogP contribution in [0.4, 0.5) is 4.39 Å². The van der Waals surface area contributed by atoms with Gasteiger partial charge >= 0.3 is 5.97 Å². The van der Waals surface area contributed by atoms with E-state index in [9.17, 15) is 14.3 Å². The zero-order valence-electron chi connectivity index (χ0n) is 10.3. The highest BCUT2D eigenvalue weighted by atomic mass is 19.1. The molecule has 0 aliphatic heterocycles. The Morgan fingerprint density at radius 3 is 2.60 bits per heavy atom. The molecule has 0 aliphatic carbocycles. The molecule has 0 fully saturated rings. The van der Waals surface area contributed by atoms with Crippen LogP contribution in [0.25, 0.3) is 5.65 Å². The van der Waals surface area contributed by atoms with Crippen molar-refractivity contribution in [3.05, 3.63) is 65.4 Å². The molecule has 6 heteroatoms. The maximum absolute atomic E-state index is 12.9. The second kappa shape index (κ2) is 4.73. The molecule has 3 aromatic rings. The van der Waals surface area contributed by atoms with Gasteiger partial charge in [-0.3, -0.25) is 4.40 Å². The van der Waals surface area contributed by atoms with Crippen molar-refractivity contribution >= 4 is 11.6 Å². The lowest BCUT2D eigenvalue weighted by molar-refractivity contribution is 0.0688. The third kappa shape index (κ3) is 2.11. The molecule has 2 aromatic heterocycles. The molecule has 5 nitrogen and oxygen atoms in total. The normalized spacial score (nSPS) is 10.8. The van der Waals surface area contributed by atoms with Crippen molar-refractivity contribution in [3.8, 4) is 0 Å². The Balaban J connectivity index is 2.07. The lowest BCUT2D eigenvalue weighted by Gasteiger charge is -2.04. The van der Waals surface area contributed by atoms with E-state index in [-0.39, 0.29) is 11.5 Å². The average Bonchev–Trinajstić information content (AvgIpc) is 2.84. The molecule has 0 saturated heterocycles. The molecule has 0 atom stereocenters. The van der Waals surface area contributed by atoms with E-state index in [1.54, 1.807) is 24.3 Å². The molecule has 1 aromatic carbocycles. The Morgan fingerprint density at radius 2 is 1.90 bits per heavy atom. The molecule has 0 saturated carbocycles. The summed E-state index contributed by atoms with van der Waals surface area (Å²) in [5.74, 6) is -0.855. The van der Waals surface area contributed by atoms with E-state index in [1.165, 1.54) is 22.6 Å². The van der Waals surface area contributed by atoms with Gasteiger partial charge in [-0.05, 0) is 29.8 Å². The molecule has 2 heterocycles. The van der Waals surface area contributed by atoms with Crippen LogP contribution in [0.2, 0.25) is 0 Å². The Morgan fingerprint density at radius 1 is 1.15 bits per heavy atom. The second-order valence-corrected chi connectivity index (χ2v) is 4.33. The van der Waals surface area contributed by atoms with Gasteiger partial charge in [-0.25, -0.2) is 9.18 Å². The van der Waals surface area contributed by atoms with Crippen molar-refractivity contribution in [1.82, 2.24) is 14.6 Å². The number of halogens is 1. The number of carboxylic acids is 1. The van der Waals surface area contributed by atoms with Gasteiger partial charge in [0.2, 0.25) is 0 Å². The fourth-order valence-electron chi connectivity index (χ4n) is 2.07. The monoisotopic (exact) mass is 271 g/mol. The number of pyridine rings is 1. The number of hydrogen-bond acceptors (Lipinski definition) is 3. The Hall–Kier alpha value is -2.76. The first-order chi connectivity index (χ1) is 9.65. The summed E-state index contributed by atoms with van der Waals surface area (Å²) in [4.78, 5) is 11.2. The van der Waals surface area contributed by atoms with Gasteiger partial charge < -0.3 is 5.11 Å². The van der Waals surface area contributed by atoms with Gasteiger partial charge in [-0.2, -0.15) is 0 Å². The van der Waals surface area contributed by atoms with Crippen molar-refractivity contribution in [3.63, 3.8) is 0 Å². The van der Waals surface area contributed by atoms with E-state index in [4.69, 9.17) is 0 Å². The summed E-state index contributed by atoms with van der Waals surface area (Å²) in [7, 11) is 0. The number of benzene rings is 1. The first-order valence-corrected chi connectivity index (χ1v) is 5.96. The van der Waals surface area contributed by atoms with Crippen molar-refractivity contribution in [1.29, 1.82) is 0 Å². The average molecular weight is 271 g/mol. The van der Waals surface area contributed by atoms with Crippen LogP contribution < -0.4 is 0 Å². The highest BCUT2D eigenvalue weighted by molar-refractivity contribution is 5.86. The van der Waals surface area contributed by atoms with E-state index >= 15 is 0 Å². The summed E-state index contributed by atoms with van der Waals surface area (Å²) in [5.41, 5.74) is 1.41. The number of carboxylic acid groups (broad SMARTS) is 1. The number of rotatable bonds is 3. The van der Waals surface area contributed by atoms with E-state index in [2.05, 4.69) is 10.2 Å². The predicted octanol–water partition coefficient (Wildman–Crippen LogP) is 2.16. The summed E-state index contributed by atoms with van der Waals surface area (Å²) in [5, 5.41) is 17.2. The molecule has 100 valence electrons. The minimum atomic E-state index is -1.05. The number of aromatic carboxylic acids is 1. The molecular weight excluding hydrogens is 261 g/mol. The van der Waals surface area contributed by atoms with Crippen LogP contribution in [0.3, 0.4) is 0 Å². The van der Waals surface area contributed by atoms with E-state index in [0.717, 1.165) is 5.56 Å². The number of fused-ring (bicyclic) bond motifs is 1. The molecule has 0 bridgehead atoms. The Labute approximate surface area is 113 Å². The molecule has 3 rings (SSSR count). The summed E-state index contributed by atoms with van der Waals surface area (Å²) in [6.45, 7) is 0. The number of carbonyl (C=O) groups is 1. The van der Waals surface area contributed by atoms with Gasteiger partial charge in [0.1, 0.15) is 17.3 Å². The minimum Gasteiger partial charge on any atom is -0.477 e. The summed E-state index contributed by atoms with van der Waals surface area (Å²) < 4.78 is 14.4. The van der Waals surface area contributed by atoms with E-state index in [1.807, 2.05) is 0 Å². The number of aromatic nitrogens is 3. The van der Waals surface area contributed by atoms with Crippen LogP contribution in [-0.4, -0.2) is 25.7 Å². The third-order valence-corrected chi connectivity index (χ3v) is 2.99. The Kier molecular flexibility index (Phi) is 2.90. The molecule has 0 amide bonds. The standard InChI is InChI=1S/C14H10FN3O2/c15-10-6-4-9(5-7-10)8-13-17-16-12-3-1-2-11(14(19)20)18(12)13/h1-7H,8H2,(H,19,20). The highest BCUT2D eigenvalue weighted by Crippen LogP contribution is 2.13. The van der Waals surface area contributed by atoms with Crippen LogP contribution in [0.5, 0.6) is 0 Å². The Bertz CT molecular complexity index is 781. The molecule has 0 aliphatic rings. The highest BCUT2D eigenvalue weighted by Gasteiger charge is 2.14. The molecule has 20 heavy (non-hydrogen) atoms. The molecule has 1 N–H and O–H groups in total. The SMILES string of the molecule is O=C(O)c1cccc2nnc(Cc3ccc(F)cc3)n12. The maximum Gasteiger partial charge on any atom is 0.352 e. The van der Waals surface area contributed by atoms with Gasteiger partial charge in [-0.15, -0.1) is 10.2 Å². The van der Waals surface area contributed by atoms with Gasteiger partial charge in [0.15, 0.2) is 5.65 Å². The summed E-state index contributed by atoms with van der Waals surface area (Å²) in [6, 6.07) is 10.8. The van der Waals surface area contributed by atoms with Crippen LogP contribution in [0.15, 0.2) is 42.5 Å². The zero-order chi connectivity index (χ0) is 14.1. The summed E-state index contributed by atoms with van der Waals surface area (Å²) in [6.07, 6.45) is 0.381. The fourth-order valence-corrected chi connectivity index (χ4v) is 2.07. The third-order valence-electron chi connectivity index (χ3n) is 2.99. The number of nitrogens with zero attached hydrogens (tertiary/aromatic N) is 3. The molecule has 0 unspecified atom stereocenters. The first-order valence-electron chi connectivity index (χ1n) is 5.96. The van der Waals surface area contributed by atoms with Gasteiger partial charge in [-0.1, -0.05) is 18.2 Å². The smallest absolute Gasteiger partial charge is 0.352 e. The lowest BCUT2D eigenvalue weighted by Crippen LogP contribution is -2.08. The van der Waals surface area contributed by atoms with Gasteiger partial charge in [0, 0.05) is 6.42 Å². The lowest BCUT2D eigenvalue weighted by atomic mass is 10.1. The van der Waals surface area contributed by atoms with Crippen molar-refractivity contribution in [2.24, 2.45) is 0 Å². The minimum absolute atomic E-state index is 0.101. The predicted molar refractivity (Wildman–Crippen MR) is 69.2 cm³/mol. The molecule has 0 radical (unpaired) electrons. The van der Waals surface area contributed by atoms with Gasteiger partial charge in [0.25, 0.3) is 0 Å². The second-order valence-electron chi connectivity index (χ2n) is 4.33. The maximum atomic E-state index is 12.9. The van der Waals surface area contributed by atoms with Crippen LogP contribution in [-0.2, 0) is 6.42 Å². The zero-order valence-corrected chi connectivity index (χ0v) is 10.3. The van der Waals surface area contributed by atoms with Crippen LogP contribution in [0.1, 0.15) is 21.9 Å². The van der Waals surface area contributed by atoms with Crippen molar-refractivity contribution < 1.29 is 14.3 Å². The quantitative estimate of drug-likeness (QED) is 0.792. The molecule has 0 spiro atoms. The van der Waals surface area contributed by atoms with E-state index in [0.29, 0.717) is 17.9 Å². The van der Waals surface area contributed by atoms with Crippen LogP contribution >= 0.6 is 0 Å².